The smallest absolute Gasteiger partial charge is 0.281 e. The van der Waals surface area contributed by atoms with Crippen LogP contribution in [0.1, 0.15) is 43.6 Å². The number of hydrogen-bond donors (Lipinski definition) is 2. The van der Waals surface area contributed by atoms with Gasteiger partial charge in [0.05, 0.1) is 10.6 Å². The summed E-state index contributed by atoms with van der Waals surface area (Å²) in [6.45, 7) is 5.62. The van der Waals surface area contributed by atoms with Crippen molar-refractivity contribution in [3.8, 4) is 0 Å². The van der Waals surface area contributed by atoms with Crippen molar-refractivity contribution in [3.63, 3.8) is 0 Å². The van der Waals surface area contributed by atoms with Crippen LogP contribution in [0.4, 0.5) is 5.69 Å². The molecule has 2 amide bonds. The third-order valence-corrected chi connectivity index (χ3v) is 5.36. The van der Waals surface area contributed by atoms with Gasteiger partial charge in [-0.05, 0) is 67.1 Å². The quantitative estimate of drug-likeness (QED) is 0.486. The molecule has 0 spiro atoms. The number of nitrogens with zero attached hydrogens (tertiary/aromatic N) is 1. The van der Waals surface area contributed by atoms with Crippen molar-refractivity contribution in [2.24, 2.45) is 5.10 Å². The third kappa shape index (κ3) is 4.53. The molecular weight excluding hydrogens is 370 g/mol. The maximum atomic E-state index is 12.4. The molecule has 0 aliphatic rings. The minimum Gasteiger partial charge on any atom is -0.322 e. The fraction of sp³-hybridized carbons (Fsp3) is 0.136. The highest BCUT2D eigenvalue weighted by atomic mass is 32.1. The highest BCUT2D eigenvalue weighted by Gasteiger charge is 2.10. The zero-order valence-corrected chi connectivity index (χ0v) is 16.8. The molecule has 6 heteroatoms. The van der Waals surface area contributed by atoms with E-state index in [4.69, 9.17) is 0 Å². The lowest BCUT2D eigenvalue weighted by atomic mass is 10.1. The van der Waals surface area contributed by atoms with Gasteiger partial charge in [-0.1, -0.05) is 30.3 Å². The maximum Gasteiger partial charge on any atom is 0.281 e. The normalized spacial score (nSPS) is 11.2. The average molecular weight is 391 g/mol. The fourth-order valence-electron chi connectivity index (χ4n) is 2.68. The zero-order valence-electron chi connectivity index (χ0n) is 15.9. The van der Waals surface area contributed by atoms with Gasteiger partial charge in [0.25, 0.3) is 11.8 Å². The molecule has 3 rings (SSSR count). The molecule has 2 aromatic carbocycles. The molecule has 0 fully saturated rings. The molecule has 28 heavy (non-hydrogen) atoms. The molecule has 0 aliphatic heterocycles. The Morgan fingerprint density at radius 2 is 1.61 bits per heavy atom. The SMILES string of the molecule is CC(=NNC(=O)c1sccc1C)c1ccc(NC(=O)c2ccccc2C)cc1. The standard InChI is InChI=1S/C22H21N3O2S/c1-14-6-4-5-7-19(14)21(26)23-18-10-8-17(9-11-18)16(3)24-25-22(27)20-15(2)12-13-28-20/h4-13H,1-3H3,(H,23,26)(H,25,27). The van der Waals surface area contributed by atoms with E-state index < -0.39 is 0 Å². The Morgan fingerprint density at radius 1 is 0.893 bits per heavy atom. The number of hydrazone groups is 1. The number of amides is 2. The molecular formula is C22H21N3O2S. The Kier molecular flexibility index (Phi) is 6.01. The van der Waals surface area contributed by atoms with Crippen molar-refractivity contribution >= 4 is 34.6 Å². The maximum absolute atomic E-state index is 12.4. The van der Waals surface area contributed by atoms with Gasteiger partial charge in [0.15, 0.2) is 0 Å². The van der Waals surface area contributed by atoms with E-state index in [-0.39, 0.29) is 11.8 Å². The molecule has 0 radical (unpaired) electrons. The lowest BCUT2D eigenvalue weighted by molar-refractivity contribution is 0.0957. The van der Waals surface area contributed by atoms with Gasteiger partial charge in [0.2, 0.25) is 0 Å². The number of carbonyl (C=O) groups excluding carboxylic acids is 2. The summed E-state index contributed by atoms with van der Waals surface area (Å²) in [7, 11) is 0. The summed E-state index contributed by atoms with van der Waals surface area (Å²) in [5.41, 5.74) is 7.33. The Bertz CT molecular complexity index is 1040. The van der Waals surface area contributed by atoms with Crippen LogP contribution < -0.4 is 10.7 Å². The molecule has 1 aromatic heterocycles. The van der Waals surface area contributed by atoms with Gasteiger partial charge in [-0.2, -0.15) is 5.10 Å². The van der Waals surface area contributed by atoms with Crippen LogP contribution in [-0.4, -0.2) is 17.5 Å². The largest absolute Gasteiger partial charge is 0.322 e. The van der Waals surface area contributed by atoms with Crippen molar-refractivity contribution in [1.82, 2.24) is 5.43 Å². The van der Waals surface area contributed by atoms with E-state index >= 15 is 0 Å². The molecule has 0 atom stereocenters. The fourth-order valence-corrected chi connectivity index (χ4v) is 3.49. The van der Waals surface area contributed by atoms with Crippen LogP contribution in [0.2, 0.25) is 0 Å². The molecule has 0 unspecified atom stereocenters. The van der Waals surface area contributed by atoms with Crippen molar-refractivity contribution in [3.05, 3.63) is 87.1 Å². The van der Waals surface area contributed by atoms with Crippen LogP contribution in [0.25, 0.3) is 0 Å². The summed E-state index contributed by atoms with van der Waals surface area (Å²) in [5, 5.41) is 8.95. The summed E-state index contributed by atoms with van der Waals surface area (Å²) < 4.78 is 0. The monoisotopic (exact) mass is 391 g/mol. The molecule has 3 aromatic rings. The van der Waals surface area contributed by atoms with Crippen LogP contribution in [-0.2, 0) is 0 Å². The number of thiophene rings is 1. The van der Waals surface area contributed by atoms with Crippen LogP contribution in [0.5, 0.6) is 0 Å². The van der Waals surface area contributed by atoms with E-state index in [2.05, 4.69) is 15.8 Å². The van der Waals surface area contributed by atoms with Crippen LogP contribution in [0.15, 0.2) is 65.1 Å². The summed E-state index contributed by atoms with van der Waals surface area (Å²) >= 11 is 1.39. The summed E-state index contributed by atoms with van der Waals surface area (Å²) in [5.74, 6) is -0.358. The second kappa shape index (κ2) is 8.63. The number of benzene rings is 2. The third-order valence-electron chi connectivity index (χ3n) is 4.34. The van der Waals surface area contributed by atoms with Crippen molar-refractivity contribution in [2.75, 3.05) is 5.32 Å². The summed E-state index contributed by atoms with van der Waals surface area (Å²) in [6, 6.07) is 16.7. The van der Waals surface area contributed by atoms with Crippen molar-refractivity contribution in [2.45, 2.75) is 20.8 Å². The highest BCUT2D eigenvalue weighted by Crippen LogP contribution is 2.16. The molecule has 5 nitrogen and oxygen atoms in total. The van der Waals surface area contributed by atoms with Crippen molar-refractivity contribution in [1.29, 1.82) is 0 Å². The van der Waals surface area contributed by atoms with Gasteiger partial charge in [0, 0.05) is 11.3 Å². The minimum absolute atomic E-state index is 0.144. The molecule has 0 aliphatic carbocycles. The second-order valence-corrected chi connectivity index (χ2v) is 7.33. The average Bonchev–Trinajstić information content (AvgIpc) is 3.12. The van der Waals surface area contributed by atoms with E-state index in [9.17, 15) is 9.59 Å². The van der Waals surface area contributed by atoms with Gasteiger partial charge in [-0.3, -0.25) is 9.59 Å². The first-order valence-electron chi connectivity index (χ1n) is 8.82. The van der Waals surface area contributed by atoms with Crippen molar-refractivity contribution < 1.29 is 9.59 Å². The molecule has 1 heterocycles. The van der Waals surface area contributed by atoms with Gasteiger partial charge in [-0.15, -0.1) is 11.3 Å². The second-order valence-electron chi connectivity index (χ2n) is 6.42. The Hall–Kier alpha value is -3.25. The molecule has 0 saturated carbocycles. The summed E-state index contributed by atoms with van der Waals surface area (Å²) in [4.78, 5) is 25.2. The van der Waals surface area contributed by atoms with E-state index in [1.54, 1.807) is 6.07 Å². The van der Waals surface area contributed by atoms with Gasteiger partial charge >= 0.3 is 0 Å². The predicted octanol–water partition coefficient (Wildman–Crippen LogP) is 4.77. The van der Waals surface area contributed by atoms with E-state index in [1.165, 1.54) is 11.3 Å². The molecule has 0 bridgehead atoms. The van der Waals surface area contributed by atoms with Gasteiger partial charge in [0.1, 0.15) is 0 Å². The number of carbonyl (C=O) groups is 2. The van der Waals surface area contributed by atoms with Crippen LogP contribution >= 0.6 is 11.3 Å². The lowest BCUT2D eigenvalue weighted by Gasteiger charge is -2.08. The highest BCUT2D eigenvalue weighted by molar-refractivity contribution is 7.12. The number of hydrogen-bond acceptors (Lipinski definition) is 4. The summed E-state index contributed by atoms with van der Waals surface area (Å²) in [6.07, 6.45) is 0. The first-order valence-corrected chi connectivity index (χ1v) is 9.70. The number of rotatable bonds is 5. The predicted molar refractivity (Wildman–Crippen MR) is 114 cm³/mol. The topological polar surface area (TPSA) is 70.6 Å². The van der Waals surface area contributed by atoms with Gasteiger partial charge in [-0.25, -0.2) is 5.43 Å². The number of aryl methyl sites for hydroxylation is 2. The number of anilines is 1. The van der Waals surface area contributed by atoms with Gasteiger partial charge < -0.3 is 5.32 Å². The van der Waals surface area contributed by atoms with Crippen LogP contribution in [0.3, 0.4) is 0 Å². The zero-order chi connectivity index (χ0) is 20.1. The van der Waals surface area contributed by atoms with E-state index in [0.29, 0.717) is 21.8 Å². The Balaban J connectivity index is 1.65. The number of nitrogens with one attached hydrogen (secondary N) is 2. The minimum atomic E-state index is -0.214. The van der Waals surface area contributed by atoms with E-state index in [0.717, 1.165) is 16.7 Å². The lowest BCUT2D eigenvalue weighted by Crippen LogP contribution is -2.19. The first-order chi connectivity index (χ1) is 13.5. The van der Waals surface area contributed by atoms with E-state index in [1.807, 2.05) is 74.7 Å². The first kappa shape index (κ1) is 19.5. The molecule has 0 saturated heterocycles. The molecule has 142 valence electrons. The Labute approximate surface area is 168 Å². The Morgan fingerprint density at radius 3 is 2.25 bits per heavy atom. The van der Waals surface area contributed by atoms with Crippen LogP contribution in [0, 0.1) is 13.8 Å². The molecule has 2 N–H and O–H groups in total.